The number of rotatable bonds is 5. The molecule has 2 aromatic carbocycles. The smallest absolute Gasteiger partial charge is 0.322 e. The van der Waals surface area contributed by atoms with E-state index in [0.29, 0.717) is 23.6 Å². The number of aromatic nitrogens is 1. The Kier molecular flexibility index (Phi) is 7.89. The molecule has 3 aliphatic rings. The lowest BCUT2D eigenvalue weighted by Crippen LogP contribution is -2.57. The van der Waals surface area contributed by atoms with Crippen LogP contribution in [0.4, 0.5) is 10.5 Å². The summed E-state index contributed by atoms with van der Waals surface area (Å²) < 4.78 is 0. The number of likely N-dealkylation sites (tertiary alicyclic amines) is 2. The van der Waals surface area contributed by atoms with E-state index >= 15 is 0 Å². The van der Waals surface area contributed by atoms with Crippen molar-refractivity contribution in [2.45, 2.75) is 37.9 Å². The molecule has 2 unspecified atom stereocenters. The van der Waals surface area contributed by atoms with Crippen molar-refractivity contribution in [2.75, 3.05) is 25.0 Å². The van der Waals surface area contributed by atoms with E-state index < -0.39 is 53.7 Å². The Morgan fingerprint density at radius 2 is 1.57 bits per heavy atom. The van der Waals surface area contributed by atoms with Crippen molar-refractivity contribution in [1.29, 1.82) is 0 Å². The Labute approximate surface area is 261 Å². The van der Waals surface area contributed by atoms with Gasteiger partial charge in [-0.05, 0) is 42.7 Å². The van der Waals surface area contributed by atoms with Gasteiger partial charge in [0.05, 0.1) is 28.4 Å². The lowest BCUT2D eigenvalue weighted by Gasteiger charge is -2.38. The third-order valence-electron chi connectivity index (χ3n) is 8.81. The molecule has 4 N–H and O–H groups in total. The zero-order valence-corrected chi connectivity index (χ0v) is 24.8. The summed E-state index contributed by atoms with van der Waals surface area (Å²) in [6, 6.07) is 9.94. The molecule has 4 heterocycles. The maximum absolute atomic E-state index is 14.3. The molecule has 0 aliphatic carbocycles. The number of nitrogens with zero attached hydrogens (tertiary/aromatic N) is 3. The SMILES string of the molecule is O=C(O)C1CN(C(=O)[C@H]2CCCN2C(=O)[C@H]2Cc3c([nH]c4ccccc34)CN2C(=O)Nc2ccc(Cl)c(Cl)c2)CC1C(=O)O. The molecule has 12 nitrogen and oxygen atoms in total. The van der Waals surface area contributed by atoms with Crippen LogP contribution in [-0.2, 0) is 32.1 Å². The lowest BCUT2D eigenvalue weighted by molar-refractivity contribution is -0.151. The van der Waals surface area contributed by atoms with Crippen LogP contribution < -0.4 is 5.32 Å². The largest absolute Gasteiger partial charge is 0.481 e. The van der Waals surface area contributed by atoms with Crippen LogP contribution in [0.15, 0.2) is 42.5 Å². The zero-order chi connectivity index (χ0) is 31.3. The zero-order valence-electron chi connectivity index (χ0n) is 23.3. The number of aliphatic carboxylic acids is 2. The molecule has 2 saturated heterocycles. The average molecular weight is 642 g/mol. The summed E-state index contributed by atoms with van der Waals surface area (Å²) in [7, 11) is 0. The Hall–Kier alpha value is -4.29. The van der Waals surface area contributed by atoms with Crippen molar-refractivity contribution in [3.8, 4) is 0 Å². The van der Waals surface area contributed by atoms with E-state index in [9.17, 15) is 34.2 Å². The van der Waals surface area contributed by atoms with E-state index in [0.717, 1.165) is 22.2 Å². The van der Waals surface area contributed by atoms with Crippen LogP contribution in [0.3, 0.4) is 0 Å². The molecule has 4 atom stereocenters. The average Bonchev–Trinajstić information content (AvgIpc) is 3.74. The number of carbonyl (C=O) groups is 5. The normalized spacial score (nSPS) is 23.1. The minimum atomic E-state index is -1.28. The molecule has 6 rings (SSSR count). The Morgan fingerprint density at radius 3 is 2.25 bits per heavy atom. The van der Waals surface area contributed by atoms with E-state index in [-0.39, 0.29) is 37.6 Å². The first-order valence-corrected chi connectivity index (χ1v) is 14.9. The molecular formula is C30H29Cl2N5O7. The second-order valence-corrected chi connectivity index (χ2v) is 12.2. The molecule has 0 bridgehead atoms. The molecule has 14 heteroatoms. The van der Waals surface area contributed by atoms with Crippen molar-refractivity contribution >= 4 is 69.6 Å². The van der Waals surface area contributed by atoms with Gasteiger partial charge in [-0.2, -0.15) is 0 Å². The van der Waals surface area contributed by atoms with Gasteiger partial charge in [0, 0.05) is 48.3 Å². The molecule has 44 heavy (non-hydrogen) atoms. The molecule has 1 aromatic heterocycles. The van der Waals surface area contributed by atoms with Gasteiger partial charge in [0.2, 0.25) is 11.8 Å². The molecular weight excluding hydrogens is 613 g/mol. The number of anilines is 1. The van der Waals surface area contributed by atoms with Crippen molar-refractivity contribution in [3.63, 3.8) is 0 Å². The molecule has 3 aromatic rings. The number of amides is 4. The van der Waals surface area contributed by atoms with Crippen LogP contribution >= 0.6 is 23.2 Å². The molecule has 2 fully saturated rings. The fourth-order valence-corrected chi connectivity index (χ4v) is 6.88. The minimum Gasteiger partial charge on any atom is -0.481 e. The van der Waals surface area contributed by atoms with Gasteiger partial charge in [0.15, 0.2) is 0 Å². The predicted molar refractivity (Wildman–Crippen MR) is 160 cm³/mol. The number of carboxylic acids is 2. The fourth-order valence-electron chi connectivity index (χ4n) is 6.58. The van der Waals surface area contributed by atoms with Crippen molar-refractivity contribution in [2.24, 2.45) is 11.8 Å². The molecule has 230 valence electrons. The molecule has 4 amide bonds. The van der Waals surface area contributed by atoms with Gasteiger partial charge in [-0.15, -0.1) is 0 Å². The third-order valence-corrected chi connectivity index (χ3v) is 9.55. The summed E-state index contributed by atoms with van der Waals surface area (Å²) in [6.45, 7) is -0.117. The van der Waals surface area contributed by atoms with E-state index in [1.165, 1.54) is 20.8 Å². The van der Waals surface area contributed by atoms with Gasteiger partial charge in [0.25, 0.3) is 0 Å². The number of hydrogen-bond donors (Lipinski definition) is 4. The summed E-state index contributed by atoms with van der Waals surface area (Å²) in [5.74, 6) is -5.94. The predicted octanol–water partition coefficient (Wildman–Crippen LogP) is 3.67. The van der Waals surface area contributed by atoms with E-state index in [4.69, 9.17) is 23.2 Å². The van der Waals surface area contributed by atoms with Crippen LogP contribution in [-0.4, -0.2) is 91.4 Å². The Balaban J connectivity index is 1.29. The first-order valence-electron chi connectivity index (χ1n) is 14.2. The first-order chi connectivity index (χ1) is 21.0. The van der Waals surface area contributed by atoms with Crippen LogP contribution in [0.5, 0.6) is 0 Å². The number of urea groups is 1. The van der Waals surface area contributed by atoms with E-state index in [1.54, 1.807) is 12.1 Å². The number of benzene rings is 2. The minimum absolute atomic E-state index is 0.104. The highest BCUT2D eigenvalue weighted by atomic mass is 35.5. The molecule has 0 radical (unpaired) electrons. The molecule has 0 saturated carbocycles. The standard InChI is InChI=1S/C30H29Cl2N5O7/c31-20-8-7-15(10-21(20)32)33-30(44)37-14-23-17(16-4-1-2-5-22(16)34-23)11-25(37)27(39)36-9-3-6-24(36)26(38)35-12-18(28(40)41)19(13-35)29(42)43/h1-2,4-5,7-8,10,18-19,24-25,34H,3,6,9,11-14H2,(H,33,44)(H,40,41)(H,42,43)/t18?,19?,24-,25-/m1/s1. The number of nitrogens with one attached hydrogen (secondary N) is 2. The van der Waals surface area contributed by atoms with Crippen LogP contribution in [0.25, 0.3) is 10.9 Å². The Morgan fingerprint density at radius 1 is 0.864 bits per heavy atom. The topological polar surface area (TPSA) is 163 Å². The number of fused-ring (bicyclic) bond motifs is 3. The summed E-state index contributed by atoms with van der Waals surface area (Å²) in [5.41, 5.74) is 2.97. The van der Waals surface area contributed by atoms with Crippen LogP contribution in [0.2, 0.25) is 10.0 Å². The van der Waals surface area contributed by atoms with Gasteiger partial charge < -0.3 is 35.2 Å². The molecule has 3 aliphatic heterocycles. The highest BCUT2D eigenvalue weighted by Gasteiger charge is 2.48. The lowest BCUT2D eigenvalue weighted by atomic mass is 9.95. The number of para-hydroxylation sites is 1. The number of halogens is 2. The Bertz CT molecular complexity index is 1670. The highest BCUT2D eigenvalue weighted by molar-refractivity contribution is 6.42. The van der Waals surface area contributed by atoms with Crippen molar-refractivity contribution < 1.29 is 34.2 Å². The second kappa shape index (κ2) is 11.7. The van der Waals surface area contributed by atoms with Crippen LogP contribution in [0.1, 0.15) is 24.1 Å². The van der Waals surface area contributed by atoms with Gasteiger partial charge in [-0.3, -0.25) is 19.2 Å². The fraction of sp³-hybridized carbons (Fsp3) is 0.367. The second-order valence-electron chi connectivity index (χ2n) is 11.4. The quantitative estimate of drug-likeness (QED) is 0.330. The van der Waals surface area contributed by atoms with Gasteiger partial charge in [0.1, 0.15) is 12.1 Å². The van der Waals surface area contributed by atoms with Gasteiger partial charge in [-0.1, -0.05) is 41.4 Å². The third kappa shape index (κ3) is 5.32. The highest BCUT2D eigenvalue weighted by Crippen LogP contribution is 2.34. The summed E-state index contributed by atoms with van der Waals surface area (Å²) in [5, 5.41) is 23.4. The van der Waals surface area contributed by atoms with E-state index in [2.05, 4.69) is 10.3 Å². The number of carbonyl (C=O) groups excluding carboxylic acids is 3. The number of aromatic amines is 1. The van der Waals surface area contributed by atoms with Crippen molar-refractivity contribution in [1.82, 2.24) is 19.7 Å². The first kappa shape index (κ1) is 29.8. The summed E-state index contributed by atoms with van der Waals surface area (Å²) in [6.07, 6.45) is 1.08. The number of hydrogen-bond acceptors (Lipinski definition) is 5. The van der Waals surface area contributed by atoms with Gasteiger partial charge in [-0.25, -0.2) is 4.79 Å². The van der Waals surface area contributed by atoms with Gasteiger partial charge >= 0.3 is 18.0 Å². The monoisotopic (exact) mass is 641 g/mol. The number of H-pyrrole nitrogens is 1. The summed E-state index contributed by atoms with van der Waals surface area (Å²) >= 11 is 12.2. The maximum atomic E-state index is 14.3. The van der Waals surface area contributed by atoms with E-state index in [1.807, 2.05) is 24.3 Å². The summed E-state index contributed by atoms with van der Waals surface area (Å²) in [4.78, 5) is 72.5. The van der Waals surface area contributed by atoms with Crippen molar-refractivity contribution in [3.05, 3.63) is 63.8 Å². The number of carboxylic acid groups (broad SMARTS) is 2. The maximum Gasteiger partial charge on any atom is 0.322 e. The van der Waals surface area contributed by atoms with Crippen LogP contribution in [0, 0.1) is 11.8 Å². The molecule has 0 spiro atoms.